The van der Waals surface area contributed by atoms with E-state index in [9.17, 15) is 13.6 Å². The number of hydrogen-bond donors (Lipinski definition) is 2. The Hall–Kier alpha value is -3.39. The molecule has 1 aliphatic rings. The number of nitrogens with one attached hydrogen (secondary N) is 1. The van der Waals surface area contributed by atoms with Gasteiger partial charge in [0.2, 0.25) is 5.78 Å². The van der Waals surface area contributed by atoms with E-state index in [1.54, 1.807) is 36.4 Å². The lowest BCUT2D eigenvalue weighted by atomic mass is 9.99. The van der Waals surface area contributed by atoms with E-state index in [4.69, 9.17) is 5.73 Å². The quantitative estimate of drug-likeness (QED) is 0.611. The van der Waals surface area contributed by atoms with E-state index in [0.717, 1.165) is 12.5 Å². The first-order valence-electron chi connectivity index (χ1n) is 10.0. The number of nitrogen functional groups attached to an aromatic ring is 1. The van der Waals surface area contributed by atoms with Crippen molar-refractivity contribution in [3.63, 3.8) is 0 Å². The zero-order valence-electron chi connectivity index (χ0n) is 17.1. The van der Waals surface area contributed by atoms with Gasteiger partial charge >= 0.3 is 0 Å². The van der Waals surface area contributed by atoms with Crippen LogP contribution in [0.3, 0.4) is 0 Å². The summed E-state index contributed by atoms with van der Waals surface area (Å²) in [6.45, 7) is 2.78. The SMILES string of the molecule is CC(F)(F)c1cccc(C2CN(c3cccc(C(=O)c4cccnc4N)n3)CCN2)c1. The van der Waals surface area contributed by atoms with E-state index < -0.39 is 5.92 Å². The molecule has 1 aliphatic heterocycles. The van der Waals surface area contributed by atoms with Crippen LogP contribution in [-0.4, -0.2) is 35.4 Å². The highest BCUT2D eigenvalue weighted by atomic mass is 19.3. The standard InChI is InChI=1S/C23H23F2N5O/c1-23(24,25)16-6-2-5-15(13-16)19-14-30(12-11-27-19)20-9-3-8-18(29-20)21(31)17-7-4-10-28-22(17)26/h2-10,13,19,27H,11-12,14H2,1H3,(H2,26,28). The third kappa shape index (κ3) is 4.54. The number of anilines is 2. The predicted octanol–water partition coefficient (Wildman–Crippen LogP) is 3.55. The van der Waals surface area contributed by atoms with Crippen molar-refractivity contribution >= 4 is 17.4 Å². The number of aromatic nitrogens is 2. The number of nitrogens with zero attached hydrogens (tertiary/aromatic N) is 3. The highest BCUT2D eigenvalue weighted by molar-refractivity contribution is 6.10. The number of hydrogen-bond acceptors (Lipinski definition) is 6. The monoisotopic (exact) mass is 423 g/mol. The van der Waals surface area contributed by atoms with E-state index in [1.165, 1.54) is 12.3 Å². The summed E-state index contributed by atoms with van der Waals surface area (Å²) < 4.78 is 27.5. The molecule has 160 valence electrons. The van der Waals surface area contributed by atoms with Crippen molar-refractivity contribution in [2.24, 2.45) is 0 Å². The minimum absolute atomic E-state index is 0.0105. The molecule has 1 atom stereocenters. The molecule has 0 bridgehead atoms. The van der Waals surface area contributed by atoms with Crippen molar-refractivity contribution < 1.29 is 13.6 Å². The van der Waals surface area contributed by atoms with Crippen molar-refractivity contribution in [1.29, 1.82) is 0 Å². The first kappa shape index (κ1) is 20.9. The van der Waals surface area contributed by atoms with Gasteiger partial charge in [-0.25, -0.2) is 18.7 Å². The van der Waals surface area contributed by atoms with Crippen LogP contribution in [0.25, 0.3) is 0 Å². The summed E-state index contributed by atoms with van der Waals surface area (Å²) in [5.74, 6) is -2.38. The van der Waals surface area contributed by atoms with Gasteiger partial charge in [-0.2, -0.15) is 0 Å². The molecule has 1 aromatic carbocycles. The largest absolute Gasteiger partial charge is 0.383 e. The molecule has 31 heavy (non-hydrogen) atoms. The lowest BCUT2D eigenvalue weighted by Crippen LogP contribution is -2.46. The Morgan fingerprint density at radius 2 is 2.00 bits per heavy atom. The molecule has 8 heteroatoms. The predicted molar refractivity (Wildman–Crippen MR) is 115 cm³/mol. The number of alkyl halides is 2. The zero-order chi connectivity index (χ0) is 22.0. The van der Waals surface area contributed by atoms with Crippen molar-refractivity contribution in [1.82, 2.24) is 15.3 Å². The summed E-state index contributed by atoms with van der Waals surface area (Å²) in [4.78, 5) is 23.4. The Labute approximate surface area is 179 Å². The van der Waals surface area contributed by atoms with Gasteiger partial charge in [0, 0.05) is 44.4 Å². The van der Waals surface area contributed by atoms with Gasteiger partial charge in [0.15, 0.2) is 0 Å². The van der Waals surface area contributed by atoms with Crippen LogP contribution in [0.2, 0.25) is 0 Å². The molecule has 0 saturated carbocycles. The third-order valence-corrected chi connectivity index (χ3v) is 5.35. The number of nitrogens with two attached hydrogens (primary N) is 1. The Bertz CT molecular complexity index is 1100. The lowest BCUT2D eigenvalue weighted by Gasteiger charge is -2.35. The van der Waals surface area contributed by atoms with Crippen LogP contribution >= 0.6 is 0 Å². The van der Waals surface area contributed by atoms with Crippen LogP contribution in [0.15, 0.2) is 60.8 Å². The van der Waals surface area contributed by atoms with Crippen LogP contribution < -0.4 is 16.0 Å². The van der Waals surface area contributed by atoms with Gasteiger partial charge in [0.25, 0.3) is 5.92 Å². The second-order valence-electron chi connectivity index (χ2n) is 7.61. The average Bonchev–Trinajstić information content (AvgIpc) is 2.79. The number of carbonyl (C=O) groups excluding carboxylic acids is 1. The highest BCUT2D eigenvalue weighted by Crippen LogP contribution is 2.30. The number of carbonyl (C=O) groups is 1. The van der Waals surface area contributed by atoms with Gasteiger partial charge in [-0.3, -0.25) is 4.79 Å². The number of piperazine rings is 1. The van der Waals surface area contributed by atoms with Gasteiger partial charge in [-0.1, -0.05) is 24.3 Å². The fraction of sp³-hybridized carbons (Fsp3) is 0.261. The molecule has 3 aromatic rings. The maximum atomic E-state index is 13.7. The highest BCUT2D eigenvalue weighted by Gasteiger charge is 2.27. The molecule has 0 spiro atoms. The van der Waals surface area contributed by atoms with E-state index in [2.05, 4.69) is 15.3 Å². The van der Waals surface area contributed by atoms with Crippen LogP contribution in [0, 0.1) is 0 Å². The molecule has 1 saturated heterocycles. The smallest absolute Gasteiger partial charge is 0.270 e. The Balaban J connectivity index is 1.56. The van der Waals surface area contributed by atoms with E-state index in [0.29, 0.717) is 31.0 Å². The van der Waals surface area contributed by atoms with Crippen LogP contribution in [-0.2, 0) is 5.92 Å². The maximum Gasteiger partial charge on any atom is 0.270 e. The van der Waals surface area contributed by atoms with Gasteiger partial charge in [0.05, 0.1) is 5.56 Å². The van der Waals surface area contributed by atoms with Crippen molar-refractivity contribution in [2.45, 2.75) is 18.9 Å². The molecular weight excluding hydrogens is 400 g/mol. The summed E-state index contributed by atoms with van der Waals surface area (Å²) in [6.07, 6.45) is 1.53. The Kier molecular flexibility index (Phi) is 5.65. The van der Waals surface area contributed by atoms with E-state index in [-0.39, 0.29) is 28.9 Å². The summed E-state index contributed by atoms with van der Waals surface area (Å²) in [5.41, 5.74) is 7.20. The molecule has 3 heterocycles. The number of benzene rings is 1. The number of rotatable bonds is 5. The van der Waals surface area contributed by atoms with Crippen LogP contribution in [0.1, 0.15) is 40.1 Å². The first-order chi connectivity index (χ1) is 14.8. The lowest BCUT2D eigenvalue weighted by molar-refractivity contribution is 0.0173. The molecule has 2 aromatic heterocycles. The average molecular weight is 423 g/mol. The van der Waals surface area contributed by atoms with Crippen LogP contribution in [0.5, 0.6) is 0 Å². The van der Waals surface area contributed by atoms with E-state index >= 15 is 0 Å². The fourth-order valence-electron chi connectivity index (χ4n) is 3.68. The Morgan fingerprint density at radius 1 is 1.19 bits per heavy atom. The fourth-order valence-corrected chi connectivity index (χ4v) is 3.68. The molecule has 3 N–H and O–H groups in total. The molecule has 6 nitrogen and oxygen atoms in total. The summed E-state index contributed by atoms with van der Waals surface area (Å²) in [7, 11) is 0. The molecule has 0 amide bonds. The van der Waals surface area contributed by atoms with E-state index in [1.807, 2.05) is 17.0 Å². The molecule has 4 rings (SSSR count). The second kappa shape index (κ2) is 8.39. The molecule has 1 fully saturated rings. The maximum absolute atomic E-state index is 13.7. The minimum Gasteiger partial charge on any atom is -0.383 e. The molecular formula is C23H23F2N5O. The number of ketones is 1. The number of halogens is 2. The molecule has 0 radical (unpaired) electrons. The normalized spacial score (nSPS) is 16.9. The topological polar surface area (TPSA) is 84.1 Å². The minimum atomic E-state index is -2.89. The van der Waals surface area contributed by atoms with Gasteiger partial charge in [0.1, 0.15) is 17.3 Å². The molecule has 1 unspecified atom stereocenters. The van der Waals surface area contributed by atoms with Gasteiger partial charge in [-0.15, -0.1) is 0 Å². The third-order valence-electron chi connectivity index (χ3n) is 5.35. The second-order valence-corrected chi connectivity index (χ2v) is 7.61. The zero-order valence-corrected chi connectivity index (χ0v) is 17.1. The van der Waals surface area contributed by atoms with Crippen molar-refractivity contribution in [2.75, 3.05) is 30.3 Å². The van der Waals surface area contributed by atoms with Gasteiger partial charge in [-0.05, 0) is 35.9 Å². The summed E-state index contributed by atoms with van der Waals surface area (Å²) in [6, 6.07) is 14.9. The summed E-state index contributed by atoms with van der Waals surface area (Å²) in [5, 5.41) is 3.38. The van der Waals surface area contributed by atoms with Crippen molar-refractivity contribution in [3.8, 4) is 0 Å². The Morgan fingerprint density at radius 3 is 2.77 bits per heavy atom. The number of pyridine rings is 2. The first-order valence-corrected chi connectivity index (χ1v) is 10.0. The van der Waals surface area contributed by atoms with Crippen molar-refractivity contribution in [3.05, 3.63) is 83.2 Å². The molecule has 0 aliphatic carbocycles. The van der Waals surface area contributed by atoms with Gasteiger partial charge < -0.3 is 16.0 Å². The van der Waals surface area contributed by atoms with Crippen LogP contribution in [0.4, 0.5) is 20.4 Å². The summed E-state index contributed by atoms with van der Waals surface area (Å²) >= 11 is 0.